The zero-order valence-electron chi connectivity index (χ0n) is 15.0. The number of halogens is 2. The van der Waals surface area contributed by atoms with Crippen LogP contribution >= 0.6 is 46.3 Å². The van der Waals surface area contributed by atoms with Gasteiger partial charge in [0.1, 0.15) is 0 Å². The SMILES string of the molecule is Cc1ccc(Nc2nnc(SCC(=O)NCCc3ccc(Cl)cc3Cl)s2)cc1. The molecule has 0 fully saturated rings. The number of benzene rings is 2. The Morgan fingerprint density at radius 3 is 2.68 bits per heavy atom. The van der Waals surface area contributed by atoms with Crippen molar-refractivity contribution < 1.29 is 4.79 Å². The lowest BCUT2D eigenvalue weighted by Crippen LogP contribution is -2.27. The van der Waals surface area contributed by atoms with Crippen LogP contribution in [-0.4, -0.2) is 28.4 Å². The Kier molecular flexibility index (Phi) is 7.56. The van der Waals surface area contributed by atoms with E-state index in [0.717, 1.165) is 15.6 Å². The summed E-state index contributed by atoms with van der Waals surface area (Å²) in [6.07, 6.45) is 0.649. The minimum Gasteiger partial charge on any atom is -0.355 e. The lowest BCUT2D eigenvalue weighted by Gasteiger charge is -2.06. The van der Waals surface area contributed by atoms with Gasteiger partial charge in [-0.25, -0.2) is 0 Å². The number of thioether (sulfide) groups is 1. The second-order valence-electron chi connectivity index (χ2n) is 5.99. The molecule has 1 aromatic heterocycles. The highest BCUT2D eigenvalue weighted by Crippen LogP contribution is 2.27. The number of nitrogens with zero attached hydrogens (tertiary/aromatic N) is 2. The molecule has 28 heavy (non-hydrogen) atoms. The van der Waals surface area contributed by atoms with Gasteiger partial charge in [0.2, 0.25) is 11.0 Å². The number of hydrogen-bond acceptors (Lipinski definition) is 6. The first-order chi connectivity index (χ1) is 13.5. The third-order valence-corrected chi connectivity index (χ3v) is 6.33. The molecule has 0 aliphatic rings. The minimum absolute atomic E-state index is 0.0571. The lowest BCUT2D eigenvalue weighted by molar-refractivity contribution is -0.118. The highest BCUT2D eigenvalue weighted by Gasteiger charge is 2.09. The van der Waals surface area contributed by atoms with E-state index >= 15 is 0 Å². The van der Waals surface area contributed by atoms with Gasteiger partial charge < -0.3 is 10.6 Å². The number of aryl methyl sites for hydroxylation is 1. The van der Waals surface area contributed by atoms with E-state index in [1.54, 1.807) is 12.1 Å². The average Bonchev–Trinajstić information content (AvgIpc) is 3.11. The molecular formula is C19H18Cl2N4OS2. The molecule has 0 aliphatic carbocycles. The summed E-state index contributed by atoms with van der Waals surface area (Å²) >= 11 is 14.8. The minimum atomic E-state index is -0.0571. The van der Waals surface area contributed by atoms with Gasteiger partial charge in [-0.1, -0.05) is 70.1 Å². The molecule has 2 N–H and O–H groups in total. The second-order valence-corrected chi connectivity index (χ2v) is 9.03. The van der Waals surface area contributed by atoms with Gasteiger partial charge in [-0.05, 0) is 43.2 Å². The highest BCUT2D eigenvalue weighted by atomic mass is 35.5. The summed E-state index contributed by atoms with van der Waals surface area (Å²) in [7, 11) is 0. The number of hydrogen-bond donors (Lipinski definition) is 2. The Morgan fingerprint density at radius 2 is 1.93 bits per heavy atom. The number of rotatable bonds is 8. The number of carbonyl (C=O) groups excluding carboxylic acids is 1. The summed E-state index contributed by atoms with van der Waals surface area (Å²) in [6, 6.07) is 13.4. The molecule has 0 bridgehead atoms. The van der Waals surface area contributed by atoms with Gasteiger partial charge in [0.15, 0.2) is 4.34 Å². The van der Waals surface area contributed by atoms with Crippen LogP contribution in [0.4, 0.5) is 10.8 Å². The number of nitrogens with one attached hydrogen (secondary N) is 2. The van der Waals surface area contributed by atoms with Crippen LogP contribution in [0.25, 0.3) is 0 Å². The number of amides is 1. The molecule has 1 amide bonds. The van der Waals surface area contributed by atoms with Crippen LogP contribution in [0.3, 0.4) is 0 Å². The molecule has 3 rings (SSSR count). The molecule has 0 atom stereocenters. The van der Waals surface area contributed by atoms with E-state index < -0.39 is 0 Å². The molecule has 0 unspecified atom stereocenters. The lowest BCUT2D eigenvalue weighted by atomic mass is 10.1. The van der Waals surface area contributed by atoms with Crippen LogP contribution in [0.5, 0.6) is 0 Å². The first-order valence-electron chi connectivity index (χ1n) is 8.50. The normalized spacial score (nSPS) is 10.7. The molecule has 2 aromatic carbocycles. The highest BCUT2D eigenvalue weighted by molar-refractivity contribution is 8.01. The second kappa shape index (κ2) is 10.1. The maximum Gasteiger partial charge on any atom is 0.230 e. The van der Waals surface area contributed by atoms with E-state index in [1.807, 2.05) is 37.3 Å². The Labute approximate surface area is 181 Å². The summed E-state index contributed by atoms with van der Waals surface area (Å²) in [5.74, 6) is 0.228. The predicted octanol–water partition coefficient (Wildman–Crippen LogP) is 5.35. The van der Waals surface area contributed by atoms with Crippen molar-refractivity contribution in [1.82, 2.24) is 15.5 Å². The summed E-state index contributed by atoms with van der Waals surface area (Å²) in [5.41, 5.74) is 3.11. The van der Waals surface area contributed by atoms with Crippen molar-refractivity contribution in [2.24, 2.45) is 0 Å². The van der Waals surface area contributed by atoms with Crippen LogP contribution in [0.1, 0.15) is 11.1 Å². The standard InChI is InChI=1S/C19H18Cl2N4OS2/c1-12-2-6-15(7-3-12)23-18-24-25-19(28-18)27-11-17(26)22-9-8-13-4-5-14(20)10-16(13)21/h2-7,10H,8-9,11H2,1H3,(H,22,26)(H,23,24). The molecular weight excluding hydrogens is 435 g/mol. The number of aromatic nitrogens is 2. The van der Waals surface area contributed by atoms with Gasteiger partial charge in [-0.2, -0.15) is 0 Å². The van der Waals surface area contributed by atoms with Gasteiger partial charge in [0.25, 0.3) is 0 Å². The van der Waals surface area contributed by atoms with E-state index in [9.17, 15) is 4.79 Å². The predicted molar refractivity (Wildman–Crippen MR) is 118 cm³/mol. The zero-order valence-corrected chi connectivity index (χ0v) is 18.2. The Balaban J connectivity index is 1.41. The van der Waals surface area contributed by atoms with Crippen molar-refractivity contribution in [3.8, 4) is 0 Å². The molecule has 0 radical (unpaired) electrons. The smallest absolute Gasteiger partial charge is 0.230 e. The average molecular weight is 453 g/mol. The Bertz CT molecular complexity index is 947. The molecule has 146 valence electrons. The topological polar surface area (TPSA) is 66.9 Å². The van der Waals surface area contributed by atoms with Crippen LogP contribution in [0, 0.1) is 6.92 Å². The number of carbonyl (C=O) groups is 1. The maximum absolute atomic E-state index is 12.0. The van der Waals surface area contributed by atoms with E-state index in [-0.39, 0.29) is 11.7 Å². The van der Waals surface area contributed by atoms with E-state index in [0.29, 0.717) is 28.1 Å². The van der Waals surface area contributed by atoms with Crippen molar-refractivity contribution in [2.45, 2.75) is 17.7 Å². The molecule has 0 spiro atoms. The van der Waals surface area contributed by atoms with E-state index in [4.69, 9.17) is 23.2 Å². The zero-order chi connectivity index (χ0) is 19.9. The summed E-state index contributed by atoms with van der Waals surface area (Å²) < 4.78 is 0.741. The van der Waals surface area contributed by atoms with Crippen LogP contribution < -0.4 is 10.6 Å². The monoisotopic (exact) mass is 452 g/mol. The first kappa shape index (κ1) is 20.9. The van der Waals surface area contributed by atoms with Gasteiger partial charge in [0.05, 0.1) is 5.75 Å². The fraction of sp³-hybridized carbons (Fsp3) is 0.211. The van der Waals surface area contributed by atoms with Gasteiger partial charge >= 0.3 is 0 Å². The quantitative estimate of drug-likeness (QED) is 0.450. The third kappa shape index (κ3) is 6.38. The van der Waals surface area contributed by atoms with Crippen molar-refractivity contribution in [1.29, 1.82) is 0 Å². The summed E-state index contributed by atoms with van der Waals surface area (Å²) in [5, 5.41) is 16.2. The van der Waals surface area contributed by atoms with Gasteiger partial charge in [0, 0.05) is 22.3 Å². The van der Waals surface area contributed by atoms with Crippen molar-refractivity contribution in [2.75, 3.05) is 17.6 Å². The van der Waals surface area contributed by atoms with Gasteiger partial charge in [-0.15, -0.1) is 10.2 Å². The summed E-state index contributed by atoms with van der Waals surface area (Å²) in [6.45, 7) is 2.55. The molecule has 0 aliphatic heterocycles. The van der Waals surface area contributed by atoms with Crippen molar-refractivity contribution in [3.05, 3.63) is 63.6 Å². The summed E-state index contributed by atoms with van der Waals surface area (Å²) in [4.78, 5) is 12.0. The van der Waals surface area contributed by atoms with E-state index in [1.165, 1.54) is 28.7 Å². The Hall–Kier alpha value is -1.80. The molecule has 0 saturated carbocycles. The molecule has 5 nitrogen and oxygen atoms in total. The van der Waals surface area contributed by atoms with Crippen LogP contribution in [0.2, 0.25) is 10.0 Å². The number of anilines is 2. The maximum atomic E-state index is 12.0. The van der Waals surface area contributed by atoms with Crippen molar-refractivity contribution in [3.63, 3.8) is 0 Å². The van der Waals surface area contributed by atoms with Crippen LogP contribution in [0.15, 0.2) is 46.8 Å². The molecule has 1 heterocycles. The Morgan fingerprint density at radius 1 is 1.14 bits per heavy atom. The largest absolute Gasteiger partial charge is 0.355 e. The molecule has 9 heteroatoms. The van der Waals surface area contributed by atoms with E-state index in [2.05, 4.69) is 20.8 Å². The molecule has 0 saturated heterocycles. The van der Waals surface area contributed by atoms with Crippen LogP contribution in [-0.2, 0) is 11.2 Å². The molecule has 3 aromatic rings. The van der Waals surface area contributed by atoms with Gasteiger partial charge in [-0.3, -0.25) is 4.79 Å². The fourth-order valence-electron chi connectivity index (χ4n) is 2.32. The third-order valence-electron chi connectivity index (χ3n) is 3.77. The first-order valence-corrected chi connectivity index (χ1v) is 11.1. The fourth-order valence-corrected chi connectivity index (χ4v) is 4.42. The van der Waals surface area contributed by atoms with Crippen molar-refractivity contribution >= 4 is 63.0 Å².